The maximum absolute atomic E-state index is 9.87. The van der Waals surface area contributed by atoms with Gasteiger partial charge in [-0.3, -0.25) is 0 Å². The van der Waals surface area contributed by atoms with E-state index in [-0.39, 0.29) is 25.0 Å². The number of fused-ring (bicyclic) bond motifs is 1. The molecular formula is C28H36N8O6. The molecule has 0 fully saturated rings. The molecule has 0 aliphatic rings. The molecule has 0 amide bonds. The van der Waals surface area contributed by atoms with Crippen LogP contribution in [0.3, 0.4) is 0 Å². The predicted octanol–water partition coefficient (Wildman–Crippen LogP) is 1.19. The molecule has 8 N–H and O–H groups in total. The Bertz CT molecular complexity index is 1320. The lowest BCUT2D eigenvalue weighted by Gasteiger charge is -2.17. The number of rotatable bonds is 16. The van der Waals surface area contributed by atoms with Crippen LogP contribution >= 0.6 is 0 Å². The molecule has 0 spiro atoms. The molecule has 42 heavy (non-hydrogen) atoms. The largest absolute Gasteiger partial charge is 0.497 e. The number of methoxy groups -OCH3 is 2. The maximum Gasteiger partial charge on any atom is 0.225 e. The summed E-state index contributed by atoms with van der Waals surface area (Å²) in [4.78, 5) is 18.4. The molecule has 14 nitrogen and oxygen atoms in total. The van der Waals surface area contributed by atoms with Gasteiger partial charge in [0.25, 0.3) is 0 Å². The van der Waals surface area contributed by atoms with Crippen LogP contribution in [0.15, 0.2) is 48.5 Å². The molecule has 0 aliphatic heterocycles. The summed E-state index contributed by atoms with van der Waals surface area (Å²) in [5.74, 6) is 2.64. The van der Waals surface area contributed by atoms with E-state index < -0.39 is 25.4 Å². The number of benzene rings is 2. The minimum absolute atomic E-state index is 0.0219. The van der Waals surface area contributed by atoms with Gasteiger partial charge < -0.3 is 51.2 Å². The summed E-state index contributed by atoms with van der Waals surface area (Å²) in [6.45, 7) is 0.00625. The van der Waals surface area contributed by atoms with Gasteiger partial charge >= 0.3 is 0 Å². The van der Waals surface area contributed by atoms with Gasteiger partial charge in [0.05, 0.1) is 39.6 Å². The van der Waals surface area contributed by atoms with Gasteiger partial charge in [-0.1, -0.05) is 24.3 Å². The van der Waals surface area contributed by atoms with Crippen LogP contribution in [0, 0.1) is 0 Å². The second-order valence-corrected chi connectivity index (χ2v) is 9.33. The number of nitrogens with zero attached hydrogens (tertiary/aromatic N) is 4. The Morgan fingerprint density at radius 1 is 0.595 bits per heavy atom. The minimum Gasteiger partial charge on any atom is -0.497 e. The van der Waals surface area contributed by atoms with Crippen molar-refractivity contribution in [3.63, 3.8) is 0 Å². The molecule has 4 rings (SSSR count). The van der Waals surface area contributed by atoms with Crippen LogP contribution in [0.2, 0.25) is 0 Å². The fourth-order valence-electron chi connectivity index (χ4n) is 3.83. The zero-order chi connectivity index (χ0) is 29.9. The lowest BCUT2D eigenvalue weighted by atomic mass is 10.2. The van der Waals surface area contributed by atoms with Gasteiger partial charge in [0.15, 0.2) is 11.6 Å². The van der Waals surface area contributed by atoms with Crippen LogP contribution < -0.4 is 30.7 Å². The molecule has 0 aliphatic carbocycles. The lowest BCUT2D eigenvalue weighted by molar-refractivity contribution is 0.105. The highest BCUT2D eigenvalue weighted by molar-refractivity contribution is 5.94. The Kier molecular flexibility index (Phi) is 10.8. The van der Waals surface area contributed by atoms with E-state index in [0.29, 0.717) is 35.8 Å². The number of nitrogens with one attached hydrogen (secondary N) is 4. The minimum atomic E-state index is -1.01. The average Bonchev–Trinajstić information content (AvgIpc) is 3.04. The van der Waals surface area contributed by atoms with E-state index in [1.165, 1.54) is 0 Å². The van der Waals surface area contributed by atoms with Crippen molar-refractivity contribution < 1.29 is 29.9 Å². The Morgan fingerprint density at radius 3 is 1.31 bits per heavy atom. The normalized spacial score (nSPS) is 12.4. The second kappa shape index (κ2) is 14.9. The first-order chi connectivity index (χ1) is 20.4. The molecule has 2 aromatic carbocycles. The summed E-state index contributed by atoms with van der Waals surface area (Å²) in [5.41, 5.74) is 2.71. The van der Waals surface area contributed by atoms with Crippen LogP contribution in [0.25, 0.3) is 11.0 Å². The van der Waals surface area contributed by atoms with Crippen molar-refractivity contribution in [1.29, 1.82) is 0 Å². The quantitative estimate of drug-likeness (QED) is 0.0940. The standard InChI is InChI=1S/C28H36N8O6/c1-41-21-7-3-17(4-8-21)11-29-25-23-24(34-27(35-25)31-13-19(39)15-37)26(36-28(33-23)32-14-20(40)16-38)30-12-18-5-9-22(42-2)10-6-18/h3-10,19-20,37-40H,11-16H2,1-2H3,(H2,29,31,34,35)(H2,30,32,33,36)/t19-,20-/m1/s1. The fourth-order valence-corrected chi connectivity index (χ4v) is 3.83. The van der Waals surface area contributed by atoms with Crippen molar-refractivity contribution in [2.24, 2.45) is 0 Å². The summed E-state index contributed by atoms with van der Waals surface area (Å²) in [7, 11) is 3.21. The van der Waals surface area contributed by atoms with Crippen LogP contribution in [0.5, 0.6) is 11.5 Å². The molecule has 2 atom stereocenters. The summed E-state index contributed by atoms with van der Waals surface area (Å²) in [5, 5.41) is 50.8. The number of aromatic nitrogens is 4. The number of hydrogen-bond acceptors (Lipinski definition) is 14. The number of ether oxygens (including phenoxy) is 2. The molecule has 0 saturated heterocycles. The summed E-state index contributed by atoms with van der Waals surface area (Å²) in [6, 6.07) is 15.1. The second-order valence-electron chi connectivity index (χ2n) is 9.33. The van der Waals surface area contributed by atoms with E-state index in [1.54, 1.807) is 14.2 Å². The van der Waals surface area contributed by atoms with Crippen LogP contribution in [-0.4, -0.2) is 93.1 Å². The zero-order valence-electron chi connectivity index (χ0n) is 23.4. The molecule has 0 unspecified atom stereocenters. The molecule has 0 radical (unpaired) electrons. The molecule has 14 heteroatoms. The van der Waals surface area contributed by atoms with E-state index in [2.05, 4.69) is 41.2 Å². The molecule has 0 saturated carbocycles. The number of hydrogen-bond donors (Lipinski definition) is 8. The smallest absolute Gasteiger partial charge is 0.225 e. The van der Waals surface area contributed by atoms with Gasteiger partial charge in [-0.25, -0.2) is 9.97 Å². The zero-order valence-corrected chi connectivity index (χ0v) is 23.4. The average molecular weight is 581 g/mol. The van der Waals surface area contributed by atoms with E-state index in [1.807, 2.05) is 48.5 Å². The van der Waals surface area contributed by atoms with Crippen molar-refractivity contribution in [3.8, 4) is 11.5 Å². The molecular weight excluding hydrogens is 544 g/mol. The maximum atomic E-state index is 9.87. The van der Waals surface area contributed by atoms with E-state index in [0.717, 1.165) is 22.6 Å². The third kappa shape index (κ3) is 8.27. The first-order valence-corrected chi connectivity index (χ1v) is 13.3. The Balaban J connectivity index is 1.72. The van der Waals surface area contributed by atoms with Crippen LogP contribution in [0.1, 0.15) is 11.1 Å². The van der Waals surface area contributed by atoms with Crippen molar-refractivity contribution in [1.82, 2.24) is 19.9 Å². The Morgan fingerprint density at radius 2 is 0.976 bits per heavy atom. The van der Waals surface area contributed by atoms with Crippen LogP contribution in [0.4, 0.5) is 23.5 Å². The number of aliphatic hydroxyl groups excluding tert-OH is 4. The summed E-state index contributed by atoms with van der Waals surface area (Å²) < 4.78 is 10.5. The molecule has 4 aromatic rings. The van der Waals surface area contributed by atoms with Gasteiger partial charge in [-0.05, 0) is 35.4 Å². The topological polar surface area (TPSA) is 199 Å². The highest BCUT2D eigenvalue weighted by atomic mass is 16.5. The van der Waals surface area contributed by atoms with Gasteiger partial charge in [0.2, 0.25) is 11.9 Å². The third-order valence-corrected chi connectivity index (χ3v) is 6.19. The summed E-state index contributed by atoms with van der Waals surface area (Å²) >= 11 is 0. The number of aliphatic hydroxyl groups is 4. The molecule has 224 valence electrons. The molecule has 2 heterocycles. The molecule has 2 aromatic heterocycles. The van der Waals surface area contributed by atoms with Gasteiger partial charge in [-0.2, -0.15) is 9.97 Å². The first kappa shape index (κ1) is 30.5. The van der Waals surface area contributed by atoms with Crippen molar-refractivity contribution in [2.45, 2.75) is 25.3 Å². The monoisotopic (exact) mass is 580 g/mol. The van der Waals surface area contributed by atoms with Gasteiger partial charge in [0.1, 0.15) is 22.5 Å². The van der Waals surface area contributed by atoms with E-state index in [9.17, 15) is 20.4 Å². The third-order valence-electron chi connectivity index (χ3n) is 6.19. The van der Waals surface area contributed by atoms with Crippen LogP contribution in [-0.2, 0) is 13.1 Å². The Hall–Kier alpha value is -4.50. The van der Waals surface area contributed by atoms with Crippen molar-refractivity contribution in [2.75, 3.05) is 61.8 Å². The lowest BCUT2D eigenvalue weighted by Crippen LogP contribution is -2.25. The Labute approximate surface area is 242 Å². The first-order valence-electron chi connectivity index (χ1n) is 13.3. The highest BCUT2D eigenvalue weighted by Gasteiger charge is 2.18. The summed E-state index contributed by atoms with van der Waals surface area (Å²) in [6.07, 6.45) is -2.01. The van der Waals surface area contributed by atoms with E-state index >= 15 is 0 Å². The number of anilines is 4. The van der Waals surface area contributed by atoms with Gasteiger partial charge in [0, 0.05) is 26.2 Å². The van der Waals surface area contributed by atoms with Crippen molar-refractivity contribution >= 4 is 34.6 Å². The fraction of sp³-hybridized carbons (Fsp3) is 0.357. The van der Waals surface area contributed by atoms with Gasteiger partial charge in [-0.15, -0.1) is 0 Å². The van der Waals surface area contributed by atoms with E-state index in [4.69, 9.17) is 9.47 Å². The molecule has 0 bridgehead atoms. The predicted molar refractivity (Wildman–Crippen MR) is 159 cm³/mol. The van der Waals surface area contributed by atoms with Crippen molar-refractivity contribution in [3.05, 3.63) is 59.7 Å². The highest BCUT2D eigenvalue weighted by Crippen LogP contribution is 2.28. The SMILES string of the molecule is COc1ccc(CNc2nc(NC[C@@H](O)CO)nc3c(NCc4ccc(OC)cc4)nc(NC[C@@H](O)CO)nc23)cc1.